The van der Waals surface area contributed by atoms with Gasteiger partial charge in [0, 0.05) is 18.1 Å². The highest BCUT2D eigenvalue weighted by Gasteiger charge is 2.67. The van der Waals surface area contributed by atoms with E-state index in [0.29, 0.717) is 23.7 Å². The number of furan rings is 1. The van der Waals surface area contributed by atoms with Crippen LogP contribution in [0.25, 0.3) is 0 Å². The summed E-state index contributed by atoms with van der Waals surface area (Å²) in [4.78, 5) is 26.4. The van der Waals surface area contributed by atoms with E-state index in [9.17, 15) is 9.59 Å². The first-order valence-electron chi connectivity index (χ1n) is 14.8. The van der Waals surface area contributed by atoms with Gasteiger partial charge in [-0.2, -0.15) is 0 Å². The van der Waals surface area contributed by atoms with Crippen LogP contribution in [0.5, 0.6) is 0 Å². The van der Waals surface area contributed by atoms with Crippen molar-refractivity contribution in [3.8, 4) is 0 Å². The first-order chi connectivity index (χ1) is 18.5. The van der Waals surface area contributed by atoms with E-state index in [1.165, 1.54) is 39.1 Å². The Labute approximate surface area is 234 Å². The summed E-state index contributed by atoms with van der Waals surface area (Å²) >= 11 is 0. The Kier molecular flexibility index (Phi) is 7.37. The van der Waals surface area contributed by atoms with Gasteiger partial charge in [0.2, 0.25) is 0 Å². The first kappa shape index (κ1) is 28.1. The Hall–Kier alpha value is -2.40. The van der Waals surface area contributed by atoms with Crippen molar-refractivity contribution in [1.82, 2.24) is 0 Å². The van der Waals surface area contributed by atoms with Crippen molar-refractivity contribution in [2.45, 2.75) is 91.8 Å². The Balaban J connectivity index is 1.47. The standard InChI is InChI=1S/C34H46O5/c1-31(2)15-10-16-33(4)26(31)13-17-34(5)27(32(3,22-35)20-28(33)34)19-25(24-14-18-38-21-24)39-30(36)29(37-6)23-11-8-7-9-12-23/h7-9,11-12,14,18,21-22,25-29H,10,13,15-17,19-20H2,1-6H3/t25-,26-,27+,28+,29-,32+,33-,34-/m0/s1. The van der Waals surface area contributed by atoms with Crippen molar-refractivity contribution in [2.24, 2.45) is 39.4 Å². The van der Waals surface area contributed by atoms with Crippen molar-refractivity contribution >= 4 is 12.3 Å². The number of benzene rings is 1. The minimum Gasteiger partial charge on any atom is -0.472 e. The SMILES string of the molecule is CO[C@H](C(=O)O[C@@H](C[C@H]1[C@]2(C)CC[C@H]3C(C)(C)CCC[C@]3(C)[C@H]2C[C@]1(C)C=O)c1ccoc1)c1ccccc1. The van der Waals surface area contributed by atoms with Crippen molar-refractivity contribution in [3.63, 3.8) is 0 Å². The molecule has 1 aromatic carbocycles. The number of aldehydes is 1. The maximum Gasteiger partial charge on any atom is 0.340 e. The lowest BCUT2D eigenvalue weighted by atomic mass is 9.43. The fourth-order valence-electron chi connectivity index (χ4n) is 9.70. The summed E-state index contributed by atoms with van der Waals surface area (Å²) in [6.45, 7) is 12.0. The van der Waals surface area contributed by atoms with Gasteiger partial charge in [-0.25, -0.2) is 4.79 Å². The van der Waals surface area contributed by atoms with E-state index in [-0.39, 0.29) is 16.7 Å². The molecule has 212 valence electrons. The molecular weight excluding hydrogens is 488 g/mol. The van der Waals surface area contributed by atoms with Gasteiger partial charge in [-0.15, -0.1) is 0 Å². The molecule has 5 heteroatoms. The van der Waals surface area contributed by atoms with Gasteiger partial charge < -0.3 is 18.7 Å². The van der Waals surface area contributed by atoms with Crippen LogP contribution < -0.4 is 0 Å². The maximum atomic E-state index is 13.5. The summed E-state index contributed by atoms with van der Waals surface area (Å²) in [6.07, 6.45) is 10.7. The lowest BCUT2D eigenvalue weighted by molar-refractivity contribution is -0.165. The molecule has 0 spiro atoms. The molecule has 5 nitrogen and oxygen atoms in total. The molecule has 1 heterocycles. The molecule has 1 aromatic heterocycles. The number of rotatable bonds is 8. The van der Waals surface area contributed by atoms with Gasteiger partial charge in [0.25, 0.3) is 0 Å². The second-order valence-corrected chi connectivity index (χ2v) is 14.1. The first-order valence-corrected chi connectivity index (χ1v) is 14.8. The minimum absolute atomic E-state index is 0.0111. The average molecular weight is 535 g/mol. The summed E-state index contributed by atoms with van der Waals surface area (Å²) in [5.74, 6) is 0.787. The van der Waals surface area contributed by atoms with Gasteiger partial charge in [-0.05, 0) is 84.2 Å². The Morgan fingerprint density at radius 2 is 1.74 bits per heavy atom. The van der Waals surface area contributed by atoms with Gasteiger partial charge in [-0.1, -0.05) is 71.4 Å². The number of carbonyl (C=O) groups is 2. The largest absolute Gasteiger partial charge is 0.472 e. The summed E-state index contributed by atoms with van der Waals surface area (Å²) in [6, 6.07) is 11.3. The molecule has 0 saturated heterocycles. The number of esters is 1. The van der Waals surface area contributed by atoms with Crippen LogP contribution in [0.1, 0.15) is 103 Å². The third-order valence-electron chi connectivity index (χ3n) is 11.5. The monoisotopic (exact) mass is 534 g/mol. The molecule has 0 N–H and O–H groups in total. The number of carbonyl (C=O) groups excluding carboxylic acids is 2. The van der Waals surface area contributed by atoms with E-state index < -0.39 is 23.6 Å². The van der Waals surface area contributed by atoms with Crippen LogP contribution in [0, 0.1) is 39.4 Å². The molecule has 5 rings (SSSR count). The van der Waals surface area contributed by atoms with Gasteiger partial charge in [-0.3, -0.25) is 0 Å². The molecule has 0 bridgehead atoms. The third-order valence-corrected chi connectivity index (χ3v) is 11.5. The molecule has 0 amide bonds. The van der Waals surface area contributed by atoms with Crippen LogP contribution in [-0.2, 0) is 19.1 Å². The second kappa shape index (κ2) is 10.2. The Morgan fingerprint density at radius 3 is 2.38 bits per heavy atom. The van der Waals surface area contributed by atoms with Crippen LogP contribution in [0.3, 0.4) is 0 Å². The minimum atomic E-state index is -0.816. The zero-order valence-corrected chi connectivity index (χ0v) is 24.6. The van der Waals surface area contributed by atoms with Crippen molar-refractivity contribution in [3.05, 3.63) is 60.1 Å². The predicted molar refractivity (Wildman–Crippen MR) is 151 cm³/mol. The molecule has 8 atom stereocenters. The molecule has 3 fully saturated rings. The quantitative estimate of drug-likeness (QED) is 0.253. The Morgan fingerprint density at radius 1 is 1.00 bits per heavy atom. The van der Waals surface area contributed by atoms with Crippen LogP contribution in [0.4, 0.5) is 0 Å². The van der Waals surface area contributed by atoms with Crippen LogP contribution in [0.2, 0.25) is 0 Å². The molecule has 3 aliphatic rings. The highest BCUT2D eigenvalue weighted by molar-refractivity contribution is 5.76. The van der Waals surface area contributed by atoms with E-state index >= 15 is 0 Å². The van der Waals surface area contributed by atoms with E-state index in [1.54, 1.807) is 12.5 Å². The molecule has 3 saturated carbocycles. The fourth-order valence-corrected chi connectivity index (χ4v) is 9.70. The molecule has 2 aromatic rings. The lowest BCUT2D eigenvalue weighted by Crippen LogP contribution is -2.54. The van der Waals surface area contributed by atoms with Crippen LogP contribution in [-0.4, -0.2) is 19.4 Å². The zero-order chi connectivity index (χ0) is 28.1. The molecule has 3 aliphatic carbocycles. The van der Waals surface area contributed by atoms with E-state index in [2.05, 4.69) is 34.6 Å². The third kappa shape index (κ3) is 4.69. The second-order valence-electron chi connectivity index (χ2n) is 14.1. The highest BCUT2D eigenvalue weighted by Crippen LogP contribution is 2.73. The molecule has 0 unspecified atom stereocenters. The van der Waals surface area contributed by atoms with Gasteiger partial charge in [0.1, 0.15) is 12.4 Å². The van der Waals surface area contributed by atoms with Crippen molar-refractivity contribution < 1.29 is 23.5 Å². The van der Waals surface area contributed by atoms with E-state index in [1.807, 2.05) is 36.4 Å². The van der Waals surface area contributed by atoms with Gasteiger partial charge in [0.15, 0.2) is 6.10 Å². The van der Waals surface area contributed by atoms with Gasteiger partial charge in [0.05, 0.1) is 12.5 Å². The highest BCUT2D eigenvalue weighted by atomic mass is 16.6. The van der Waals surface area contributed by atoms with E-state index in [4.69, 9.17) is 13.9 Å². The molecule has 0 aliphatic heterocycles. The number of fused-ring (bicyclic) bond motifs is 3. The topological polar surface area (TPSA) is 65.7 Å². The summed E-state index contributed by atoms with van der Waals surface area (Å²) in [5, 5.41) is 0. The smallest absolute Gasteiger partial charge is 0.340 e. The van der Waals surface area contributed by atoms with Crippen LogP contribution in [0.15, 0.2) is 53.3 Å². The lowest BCUT2D eigenvalue weighted by Gasteiger charge is -2.62. The van der Waals surface area contributed by atoms with Crippen molar-refractivity contribution in [2.75, 3.05) is 7.11 Å². The number of hydrogen-bond acceptors (Lipinski definition) is 5. The predicted octanol–water partition coefficient (Wildman–Crippen LogP) is 8.12. The summed E-state index contributed by atoms with van der Waals surface area (Å²) in [5.41, 5.74) is 1.63. The molecule has 39 heavy (non-hydrogen) atoms. The summed E-state index contributed by atoms with van der Waals surface area (Å²) < 4.78 is 17.3. The average Bonchev–Trinajstić information content (AvgIpc) is 3.51. The molecular formula is C34H46O5. The van der Waals surface area contributed by atoms with Gasteiger partial charge >= 0.3 is 5.97 Å². The van der Waals surface area contributed by atoms with Crippen molar-refractivity contribution in [1.29, 1.82) is 0 Å². The van der Waals surface area contributed by atoms with Crippen LogP contribution >= 0.6 is 0 Å². The fraction of sp³-hybridized carbons (Fsp3) is 0.647. The van der Waals surface area contributed by atoms with E-state index in [0.717, 1.165) is 24.0 Å². The normalized spacial score (nSPS) is 36.8. The maximum absolute atomic E-state index is 13.5. The zero-order valence-electron chi connectivity index (χ0n) is 24.6. The summed E-state index contributed by atoms with van der Waals surface area (Å²) in [7, 11) is 1.53. The Bertz CT molecular complexity index is 1160. The number of hydrogen-bond donors (Lipinski definition) is 0. The number of ether oxygens (including phenoxy) is 2. The molecule has 0 radical (unpaired) electrons. The number of methoxy groups -OCH3 is 1.